The number of carbonyl (C=O) groups excluding carboxylic acids is 2. The molecule has 1 aromatic heterocycles. The van der Waals surface area contributed by atoms with Gasteiger partial charge in [-0.3, -0.25) is 24.0 Å². The zero-order valence-corrected chi connectivity index (χ0v) is 20.8. The number of benzene rings is 2. The lowest BCUT2D eigenvalue weighted by Crippen LogP contribution is -2.45. The van der Waals surface area contributed by atoms with E-state index in [0.29, 0.717) is 17.4 Å². The van der Waals surface area contributed by atoms with Crippen LogP contribution >= 0.6 is 0 Å². The minimum absolute atomic E-state index is 0.235. The molecule has 2 N–H and O–H groups in total. The zero-order valence-electron chi connectivity index (χ0n) is 20.8. The molecule has 36 heavy (non-hydrogen) atoms. The van der Waals surface area contributed by atoms with E-state index in [1.807, 2.05) is 18.2 Å². The number of hydrogen-bond donors (Lipinski definition) is 2. The highest BCUT2D eigenvalue weighted by molar-refractivity contribution is 6.00. The second kappa shape index (κ2) is 8.92. The number of nitrogens with one attached hydrogen (secondary N) is 2. The smallest absolute Gasteiger partial charge is 0.329 e. The van der Waals surface area contributed by atoms with Crippen LogP contribution < -0.4 is 21.2 Å². The van der Waals surface area contributed by atoms with Crippen LogP contribution in [0.15, 0.2) is 47.3 Å². The Kier molecular flexibility index (Phi) is 5.71. The number of aryl methyl sites for hydroxylation is 1. The summed E-state index contributed by atoms with van der Waals surface area (Å²) in [6.45, 7) is 4.53. The van der Waals surface area contributed by atoms with Gasteiger partial charge in [-0.05, 0) is 86.0 Å². The number of piperidine rings is 3. The van der Waals surface area contributed by atoms with Gasteiger partial charge in [0.05, 0.1) is 11.0 Å². The van der Waals surface area contributed by atoms with Crippen LogP contribution in [0.4, 0.5) is 5.69 Å². The number of imidazole rings is 1. The quantitative estimate of drug-likeness (QED) is 0.555. The van der Waals surface area contributed by atoms with Gasteiger partial charge in [0, 0.05) is 32.2 Å². The largest absolute Gasteiger partial charge is 0.371 e. The maximum absolute atomic E-state index is 13.0. The van der Waals surface area contributed by atoms with Crippen molar-refractivity contribution in [3.05, 3.63) is 52.9 Å². The third-order valence-corrected chi connectivity index (χ3v) is 8.67. The average molecular weight is 488 g/mol. The molecule has 3 saturated heterocycles. The molecule has 0 bridgehead atoms. The van der Waals surface area contributed by atoms with E-state index >= 15 is 0 Å². The minimum atomic E-state index is -0.669. The molecule has 8 nitrogen and oxygen atoms in total. The third-order valence-electron chi connectivity index (χ3n) is 8.67. The fourth-order valence-electron chi connectivity index (χ4n) is 6.33. The summed E-state index contributed by atoms with van der Waals surface area (Å²) in [5.74, 6) is -0.699. The Morgan fingerprint density at radius 2 is 1.56 bits per heavy atom. The Bertz CT molecular complexity index is 1370. The maximum Gasteiger partial charge on any atom is 0.329 e. The molecule has 0 saturated carbocycles. The SMILES string of the molecule is Cn1c(=O)n(C2CCC(=O)NC2=O)c2ccc(-c3ccc(N4CCC5(CCNCC5)CC4)cc3)cc21. The first-order valence-electron chi connectivity index (χ1n) is 13.0. The van der Waals surface area contributed by atoms with Gasteiger partial charge in [-0.1, -0.05) is 18.2 Å². The molecule has 3 aliphatic rings. The van der Waals surface area contributed by atoms with Crippen molar-refractivity contribution in [2.45, 2.75) is 44.6 Å². The molecule has 188 valence electrons. The number of rotatable bonds is 3. The van der Waals surface area contributed by atoms with Crippen LogP contribution in [0, 0.1) is 5.41 Å². The van der Waals surface area contributed by atoms with Crippen molar-refractivity contribution in [2.24, 2.45) is 12.5 Å². The molecular weight excluding hydrogens is 454 g/mol. The highest BCUT2D eigenvalue weighted by Crippen LogP contribution is 2.40. The molecule has 2 aromatic carbocycles. The first-order chi connectivity index (χ1) is 17.4. The first-order valence-corrected chi connectivity index (χ1v) is 13.0. The molecule has 1 atom stereocenters. The van der Waals surface area contributed by atoms with Gasteiger partial charge >= 0.3 is 5.69 Å². The van der Waals surface area contributed by atoms with E-state index in [1.54, 1.807) is 11.6 Å². The summed E-state index contributed by atoms with van der Waals surface area (Å²) in [6, 6.07) is 14.0. The van der Waals surface area contributed by atoms with Crippen molar-refractivity contribution in [3.8, 4) is 11.1 Å². The third kappa shape index (κ3) is 3.93. The number of carbonyl (C=O) groups is 2. The summed E-state index contributed by atoms with van der Waals surface area (Å²) < 4.78 is 3.11. The average Bonchev–Trinajstić information content (AvgIpc) is 3.14. The zero-order chi connectivity index (χ0) is 24.9. The molecule has 1 unspecified atom stereocenters. The van der Waals surface area contributed by atoms with Gasteiger partial charge in [-0.15, -0.1) is 0 Å². The van der Waals surface area contributed by atoms with Gasteiger partial charge in [-0.2, -0.15) is 0 Å². The predicted molar refractivity (Wildman–Crippen MR) is 140 cm³/mol. The van der Waals surface area contributed by atoms with E-state index in [2.05, 4.69) is 39.8 Å². The fourth-order valence-corrected chi connectivity index (χ4v) is 6.33. The monoisotopic (exact) mass is 487 g/mol. The maximum atomic E-state index is 13.0. The highest BCUT2D eigenvalue weighted by Gasteiger charge is 2.35. The van der Waals surface area contributed by atoms with Gasteiger partial charge in [0.2, 0.25) is 11.8 Å². The van der Waals surface area contributed by atoms with Crippen LogP contribution in [0.3, 0.4) is 0 Å². The van der Waals surface area contributed by atoms with Crippen molar-refractivity contribution < 1.29 is 9.59 Å². The molecular formula is C28H33N5O3. The normalized spacial score (nSPS) is 22.2. The first kappa shape index (κ1) is 23.0. The lowest BCUT2D eigenvalue weighted by atomic mass is 9.71. The lowest BCUT2D eigenvalue weighted by molar-refractivity contribution is -0.135. The van der Waals surface area contributed by atoms with Gasteiger partial charge < -0.3 is 10.2 Å². The topological polar surface area (TPSA) is 88.4 Å². The number of imide groups is 1. The van der Waals surface area contributed by atoms with Crippen molar-refractivity contribution in [2.75, 3.05) is 31.1 Å². The summed E-state index contributed by atoms with van der Waals surface area (Å²) in [4.78, 5) is 39.6. The predicted octanol–water partition coefficient (Wildman–Crippen LogP) is 2.95. The second-order valence-corrected chi connectivity index (χ2v) is 10.7. The number of aromatic nitrogens is 2. The van der Waals surface area contributed by atoms with E-state index in [9.17, 15) is 14.4 Å². The fraction of sp³-hybridized carbons (Fsp3) is 0.464. The molecule has 3 fully saturated rings. The van der Waals surface area contributed by atoms with E-state index in [1.165, 1.54) is 35.9 Å². The van der Waals surface area contributed by atoms with Gasteiger partial charge in [0.1, 0.15) is 6.04 Å². The Morgan fingerprint density at radius 1 is 0.861 bits per heavy atom. The Labute approximate surface area is 210 Å². The van der Waals surface area contributed by atoms with Crippen molar-refractivity contribution in [1.82, 2.24) is 19.8 Å². The van der Waals surface area contributed by atoms with E-state index in [4.69, 9.17) is 0 Å². The van der Waals surface area contributed by atoms with E-state index in [-0.39, 0.29) is 18.0 Å². The van der Waals surface area contributed by atoms with Gasteiger partial charge in [0.15, 0.2) is 0 Å². The molecule has 3 aromatic rings. The number of nitrogens with zero attached hydrogens (tertiary/aromatic N) is 3. The summed E-state index contributed by atoms with van der Waals surface area (Å²) in [6.07, 6.45) is 5.71. The molecule has 1 spiro atoms. The highest BCUT2D eigenvalue weighted by atomic mass is 16.2. The molecule has 6 rings (SSSR count). The summed E-state index contributed by atoms with van der Waals surface area (Å²) in [5.41, 5.74) is 5.15. The number of hydrogen-bond acceptors (Lipinski definition) is 5. The van der Waals surface area contributed by atoms with Crippen molar-refractivity contribution >= 4 is 28.5 Å². The number of anilines is 1. The van der Waals surface area contributed by atoms with E-state index < -0.39 is 11.9 Å². The Balaban J connectivity index is 1.23. The number of amides is 2. The number of fused-ring (bicyclic) bond motifs is 1. The second-order valence-electron chi connectivity index (χ2n) is 10.7. The molecule has 4 heterocycles. The molecule has 0 radical (unpaired) electrons. The molecule has 2 amide bonds. The van der Waals surface area contributed by atoms with Crippen LogP contribution in [-0.2, 0) is 16.6 Å². The Morgan fingerprint density at radius 3 is 2.25 bits per heavy atom. The lowest BCUT2D eigenvalue weighted by Gasteiger charge is -2.45. The van der Waals surface area contributed by atoms with Crippen LogP contribution in [0.1, 0.15) is 44.6 Å². The summed E-state index contributed by atoms with van der Waals surface area (Å²) in [7, 11) is 1.73. The van der Waals surface area contributed by atoms with Gasteiger partial charge in [0.25, 0.3) is 0 Å². The Hall–Kier alpha value is -3.39. The molecule has 8 heteroatoms. The minimum Gasteiger partial charge on any atom is -0.371 e. The molecule has 3 aliphatic heterocycles. The standard InChI is InChI=1S/C28H33N5O3/c1-31-24-18-20(4-7-22(24)33(27(31)36)23-8-9-25(34)30-26(23)35)19-2-5-21(6-3-19)32-16-12-28(13-17-32)10-14-29-15-11-28/h2-7,18,23,29H,8-17H2,1H3,(H,30,34,35). The molecule has 0 aliphatic carbocycles. The van der Waals surface area contributed by atoms with Crippen molar-refractivity contribution in [1.29, 1.82) is 0 Å². The van der Waals surface area contributed by atoms with Gasteiger partial charge in [-0.25, -0.2) is 4.79 Å². The van der Waals surface area contributed by atoms with E-state index in [0.717, 1.165) is 42.8 Å². The van der Waals surface area contributed by atoms with Crippen molar-refractivity contribution in [3.63, 3.8) is 0 Å². The summed E-state index contributed by atoms with van der Waals surface area (Å²) in [5, 5.41) is 5.86. The summed E-state index contributed by atoms with van der Waals surface area (Å²) >= 11 is 0. The van der Waals surface area contributed by atoms with Crippen LogP contribution in [-0.4, -0.2) is 47.1 Å². The van der Waals surface area contributed by atoms with Crippen LogP contribution in [0.25, 0.3) is 22.2 Å². The van der Waals surface area contributed by atoms with Crippen LogP contribution in [0.2, 0.25) is 0 Å². The van der Waals surface area contributed by atoms with Crippen LogP contribution in [0.5, 0.6) is 0 Å².